The van der Waals surface area contributed by atoms with Crippen molar-refractivity contribution in [2.75, 3.05) is 21.3 Å². The van der Waals surface area contributed by atoms with E-state index in [4.69, 9.17) is 10.8 Å². The van der Waals surface area contributed by atoms with Crippen molar-refractivity contribution >= 4 is 72.7 Å². The van der Waals surface area contributed by atoms with Gasteiger partial charge in [-0.25, -0.2) is 0 Å². The molecule has 9 heteroatoms. The molecule has 1 aliphatic heterocycles. The molecule has 1 aliphatic rings. The Kier molecular flexibility index (Phi) is 15.2. The Hall–Kier alpha value is -0.946. The van der Waals surface area contributed by atoms with Gasteiger partial charge in [0.2, 0.25) is 0 Å². The summed E-state index contributed by atoms with van der Waals surface area (Å²) in [5.41, 5.74) is 7.09. The van der Waals surface area contributed by atoms with Gasteiger partial charge in [0.15, 0.2) is 0 Å². The number of nitrogens with one attached hydrogen (secondary N) is 1. The first kappa shape index (κ1) is 34.5. The van der Waals surface area contributed by atoms with E-state index in [-0.39, 0.29) is 17.9 Å². The van der Waals surface area contributed by atoms with Crippen LogP contribution in [-0.4, -0.2) is 107 Å². The maximum absolute atomic E-state index is 5.79. The number of aliphatic imine (C=N–C) groups is 1. The summed E-state index contributed by atoms with van der Waals surface area (Å²) in [6.45, 7) is 16.1. The van der Waals surface area contributed by atoms with E-state index in [2.05, 4.69) is 105 Å². The number of aryl methyl sites for hydroxylation is 1. The molecule has 4 atom stereocenters. The summed E-state index contributed by atoms with van der Waals surface area (Å²) in [5.74, 6) is 6.42. The second-order valence-electron chi connectivity index (χ2n) is 11.0. The molecule has 6 nitrogen and oxygen atoms in total. The molecular formula is C32H45N6PPb2. The molecule has 41 heavy (non-hydrogen) atoms. The molecule has 0 bridgehead atoms. The molecule has 0 amide bonds. The fourth-order valence-electron chi connectivity index (χ4n) is 4.98. The molecule has 0 saturated carbocycles. The Bertz CT molecular complexity index is 1160. The number of nitrogens with zero attached hydrogens (tertiary/aromatic N) is 4. The molecule has 0 aliphatic carbocycles. The predicted octanol–water partition coefficient (Wildman–Crippen LogP) is 4.39. The molecule has 1 heterocycles. The van der Waals surface area contributed by atoms with Crippen LogP contribution < -0.4 is 11.2 Å². The van der Waals surface area contributed by atoms with E-state index in [1.807, 2.05) is 12.3 Å². The van der Waals surface area contributed by atoms with Gasteiger partial charge < -0.3 is 5.32 Å². The zero-order valence-corrected chi connectivity index (χ0v) is 33.5. The second kappa shape index (κ2) is 18.0. The van der Waals surface area contributed by atoms with Crippen LogP contribution >= 0.6 is 9.24 Å². The molecule has 1 saturated heterocycles. The summed E-state index contributed by atoms with van der Waals surface area (Å²) in [6.07, 6.45) is 4.49. The van der Waals surface area contributed by atoms with Gasteiger partial charge in [-0.3, -0.25) is 0 Å². The van der Waals surface area contributed by atoms with Crippen LogP contribution in [0.1, 0.15) is 49.2 Å². The first-order valence-corrected chi connectivity index (χ1v) is 20.5. The molecule has 4 unspecified atom stereocenters. The summed E-state index contributed by atoms with van der Waals surface area (Å²) >= 11 is 2.38. The van der Waals surface area contributed by atoms with Gasteiger partial charge in [-0.1, -0.05) is 54.6 Å². The van der Waals surface area contributed by atoms with Crippen molar-refractivity contribution in [2.45, 2.75) is 57.5 Å². The Balaban J connectivity index is 1.54. The number of hydrogen-bond donors (Lipinski definition) is 2. The molecule has 0 aromatic heterocycles. The average molecular weight is 959 g/mol. The van der Waals surface area contributed by atoms with Crippen LogP contribution in [0.2, 0.25) is 0 Å². The van der Waals surface area contributed by atoms with Crippen molar-refractivity contribution in [3.63, 3.8) is 0 Å². The standard InChI is InChI=1S/C32H45N6P.2Pb/c1-23(2)25(4)31-18-30(22-38(31)24(3)21-37(5)6)34-20-29(36-33)17-14-26-12-15-28(16-13-26)32(39)35-19-27-10-8-7-9-11-27;;/h7-13,15-16,20,23,30-32,35H,3-6,14,17-19,21-22,33,39H2,1-2H3;;/b34-20?,36-29-;;. The van der Waals surface area contributed by atoms with Gasteiger partial charge in [0.25, 0.3) is 0 Å². The van der Waals surface area contributed by atoms with E-state index in [1.165, 1.54) is 87.7 Å². The molecule has 6 radical (unpaired) electrons. The van der Waals surface area contributed by atoms with E-state index in [9.17, 15) is 0 Å². The minimum atomic E-state index is 0.186. The topological polar surface area (TPSA) is 69.2 Å². The molecule has 2 aromatic carbocycles. The van der Waals surface area contributed by atoms with Crippen LogP contribution in [0.15, 0.2) is 89.1 Å². The number of hydrazone groups is 1. The fraction of sp³-hybridized carbons (Fsp3) is 0.438. The minimum absolute atomic E-state index is 0.186. The Morgan fingerprint density at radius 3 is 2.41 bits per heavy atom. The SMILES string of the molecule is C=C(C(C)C)C1CC(N=C/C(CCc2ccc(C(P)NCc3ccccc3)cc2)=N\N)CN1C(=C)CN([CH2][Pb])[CH2][Pb]. The van der Waals surface area contributed by atoms with Crippen LogP contribution in [0.4, 0.5) is 0 Å². The third kappa shape index (κ3) is 10.9. The molecule has 216 valence electrons. The fourth-order valence-corrected chi connectivity index (χ4v) is 10.4. The van der Waals surface area contributed by atoms with Gasteiger partial charge >= 0.3 is 186 Å². The van der Waals surface area contributed by atoms with Gasteiger partial charge in [-0.15, -0.1) is 9.24 Å². The van der Waals surface area contributed by atoms with Gasteiger partial charge in [-0.2, -0.15) is 0 Å². The van der Waals surface area contributed by atoms with E-state index < -0.39 is 0 Å². The molecule has 1 fully saturated rings. The number of nitrogens with two attached hydrogens (primary N) is 1. The zero-order valence-electron chi connectivity index (χ0n) is 24.6. The van der Waals surface area contributed by atoms with E-state index in [0.717, 1.165) is 44.6 Å². The van der Waals surface area contributed by atoms with Gasteiger partial charge in [0.1, 0.15) is 0 Å². The van der Waals surface area contributed by atoms with Gasteiger partial charge in [0, 0.05) is 12.3 Å². The molecular weight excluding hydrogens is 914 g/mol. The predicted molar refractivity (Wildman–Crippen MR) is 181 cm³/mol. The Labute approximate surface area is 282 Å². The Morgan fingerprint density at radius 2 is 1.80 bits per heavy atom. The van der Waals surface area contributed by atoms with Gasteiger partial charge in [0.05, 0.1) is 0 Å². The normalized spacial score (nSPS) is 18.5. The molecule has 2 aromatic rings. The van der Waals surface area contributed by atoms with Crippen LogP contribution in [0.5, 0.6) is 0 Å². The average Bonchev–Trinajstić information content (AvgIpc) is 3.43. The summed E-state index contributed by atoms with van der Waals surface area (Å²) in [7, 11) is 2.90. The third-order valence-corrected chi connectivity index (χ3v) is 11.8. The number of rotatable bonds is 16. The van der Waals surface area contributed by atoms with Crippen LogP contribution in [0.25, 0.3) is 0 Å². The zero-order chi connectivity index (χ0) is 29.8. The quantitative estimate of drug-likeness (QED) is 0.0656. The second-order valence-corrected chi connectivity index (χ2v) is 14.1. The first-order valence-electron chi connectivity index (χ1n) is 14.3. The van der Waals surface area contributed by atoms with Crippen molar-refractivity contribution in [1.29, 1.82) is 0 Å². The van der Waals surface area contributed by atoms with Crippen molar-refractivity contribution in [3.05, 3.63) is 95.7 Å². The number of hydrogen-bond acceptors (Lipinski definition) is 6. The van der Waals surface area contributed by atoms with Crippen LogP contribution in [0.3, 0.4) is 0 Å². The van der Waals surface area contributed by atoms with Crippen molar-refractivity contribution in [1.82, 2.24) is 15.1 Å². The summed E-state index contributed by atoms with van der Waals surface area (Å²) < 4.78 is 2.38. The van der Waals surface area contributed by atoms with E-state index >= 15 is 0 Å². The number of likely N-dealkylation sites (tertiary alicyclic amines) is 1. The summed E-state index contributed by atoms with van der Waals surface area (Å²) in [6, 6.07) is 19.7. The third-order valence-electron chi connectivity index (χ3n) is 7.69. The van der Waals surface area contributed by atoms with Gasteiger partial charge in [-0.05, 0) is 16.7 Å². The monoisotopic (exact) mass is 960 g/mol. The van der Waals surface area contributed by atoms with Crippen molar-refractivity contribution < 1.29 is 0 Å². The summed E-state index contributed by atoms with van der Waals surface area (Å²) in [5, 5.41) is 7.64. The van der Waals surface area contributed by atoms with Crippen LogP contribution in [0, 0.1) is 5.92 Å². The molecule has 3 rings (SSSR count). The maximum atomic E-state index is 5.79. The first-order chi connectivity index (χ1) is 19.7. The van der Waals surface area contributed by atoms with Crippen molar-refractivity contribution in [3.8, 4) is 0 Å². The molecule has 0 spiro atoms. The summed E-state index contributed by atoms with van der Waals surface area (Å²) in [4.78, 5) is 9.95. The molecule has 3 N–H and O–H groups in total. The van der Waals surface area contributed by atoms with Crippen LogP contribution in [-0.2, 0) is 13.0 Å². The van der Waals surface area contributed by atoms with E-state index in [0.29, 0.717) is 5.92 Å². The number of benzene rings is 2. The van der Waals surface area contributed by atoms with Crippen molar-refractivity contribution in [2.24, 2.45) is 21.9 Å². The van der Waals surface area contributed by atoms with E-state index in [1.54, 1.807) is 0 Å². The Morgan fingerprint density at radius 1 is 1.12 bits per heavy atom.